The predicted octanol–water partition coefficient (Wildman–Crippen LogP) is 5.25. The van der Waals surface area contributed by atoms with Crippen LogP contribution in [0, 0.1) is 34.5 Å². The molecule has 1 aromatic carbocycles. The van der Waals surface area contributed by atoms with Gasteiger partial charge >= 0.3 is 0 Å². The van der Waals surface area contributed by atoms with E-state index < -0.39 is 5.54 Å². The maximum Gasteiger partial charge on any atom is 0.246 e. The van der Waals surface area contributed by atoms with E-state index in [9.17, 15) is 14.4 Å². The van der Waals surface area contributed by atoms with E-state index in [2.05, 4.69) is 30.6 Å². The maximum absolute atomic E-state index is 14.2. The second-order valence-corrected chi connectivity index (χ2v) is 13.3. The lowest BCUT2D eigenvalue weighted by Gasteiger charge is -2.61. The van der Waals surface area contributed by atoms with Gasteiger partial charge in [0, 0.05) is 37.0 Å². The van der Waals surface area contributed by atoms with Crippen molar-refractivity contribution in [2.24, 2.45) is 34.5 Å². The largest absolute Gasteiger partial charge is 0.347 e. The van der Waals surface area contributed by atoms with E-state index in [4.69, 9.17) is 0 Å². The zero-order valence-corrected chi connectivity index (χ0v) is 23.3. The van der Waals surface area contributed by atoms with Crippen molar-refractivity contribution in [3.8, 4) is 0 Å². The molecule has 5 rings (SSSR count). The minimum absolute atomic E-state index is 0.0350. The molecule has 6 nitrogen and oxygen atoms in total. The Morgan fingerprint density at radius 3 is 2.43 bits per heavy atom. The third kappa shape index (κ3) is 4.30. The molecule has 37 heavy (non-hydrogen) atoms. The lowest BCUT2D eigenvalue weighted by Crippen LogP contribution is -2.64. The zero-order valence-electron chi connectivity index (χ0n) is 23.3. The number of hydrogen-bond acceptors (Lipinski definition) is 3. The Hall–Kier alpha value is -2.63. The molecule has 3 aliphatic carbocycles. The fourth-order valence-corrected chi connectivity index (χ4v) is 8.63. The summed E-state index contributed by atoms with van der Waals surface area (Å²) in [6.07, 6.45) is 10.7. The Bertz CT molecular complexity index is 1130. The Morgan fingerprint density at radius 2 is 1.76 bits per heavy atom. The van der Waals surface area contributed by atoms with E-state index in [1.807, 2.05) is 50.1 Å². The summed E-state index contributed by atoms with van der Waals surface area (Å²) in [5.41, 5.74) is 1.40. The number of nitrogens with one attached hydrogen (secondary N) is 2. The second kappa shape index (κ2) is 8.99. The minimum Gasteiger partial charge on any atom is -0.347 e. The molecular weight excluding hydrogens is 462 g/mol. The first-order valence-electron chi connectivity index (χ1n) is 14.0. The molecule has 7 atom stereocenters. The number of fused-ring (bicyclic) bond motifs is 5. The maximum atomic E-state index is 14.2. The molecule has 3 fully saturated rings. The number of amides is 3. The molecule has 0 bridgehead atoms. The molecule has 3 amide bonds. The van der Waals surface area contributed by atoms with Gasteiger partial charge in [-0.3, -0.25) is 14.4 Å². The highest BCUT2D eigenvalue weighted by Crippen LogP contribution is 2.65. The van der Waals surface area contributed by atoms with Gasteiger partial charge in [0.15, 0.2) is 0 Å². The average Bonchev–Trinajstić information content (AvgIpc) is 3.23. The predicted molar refractivity (Wildman–Crippen MR) is 145 cm³/mol. The molecular formula is C31H43N3O3. The monoisotopic (exact) mass is 505 g/mol. The molecule has 1 heterocycles. The summed E-state index contributed by atoms with van der Waals surface area (Å²) in [5, 5.41) is 6.22. The number of hydrogen-bond donors (Lipinski definition) is 2. The molecule has 2 N–H and O–H groups in total. The van der Waals surface area contributed by atoms with Crippen LogP contribution in [0.5, 0.6) is 0 Å². The van der Waals surface area contributed by atoms with Gasteiger partial charge in [0.2, 0.25) is 17.7 Å². The van der Waals surface area contributed by atoms with E-state index in [0.29, 0.717) is 29.6 Å². The summed E-state index contributed by atoms with van der Waals surface area (Å²) in [6.45, 7) is 10.4. The van der Waals surface area contributed by atoms with Crippen LogP contribution in [0.1, 0.15) is 78.7 Å². The van der Waals surface area contributed by atoms with E-state index in [1.54, 1.807) is 6.08 Å². The normalized spacial score (nSPS) is 36.9. The van der Waals surface area contributed by atoms with E-state index >= 15 is 0 Å². The second-order valence-electron chi connectivity index (χ2n) is 13.3. The number of benzene rings is 1. The molecule has 2 unspecified atom stereocenters. The van der Waals surface area contributed by atoms with Gasteiger partial charge in [0.05, 0.1) is 5.54 Å². The van der Waals surface area contributed by atoms with Crippen LogP contribution in [0.15, 0.2) is 36.4 Å². The van der Waals surface area contributed by atoms with Crippen molar-refractivity contribution in [1.82, 2.24) is 10.2 Å². The molecule has 4 aliphatic rings. The molecule has 0 spiro atoms. The van der Waals surface area contributed by atoms with E-state index in [0.717, 1.165) is 17.7 Å². The van der Waals surface area contributed by atoms with Crippen molar-refractivity contribution in [3.63, 3.8) is 0 Å². The quantitative estimate of drug-likeness (QED) is 0.587. The first-order chi connectivity index (χ1) is 17.4. The number of rotatable bonds is 4. The van der Waals surface area contributed by atoms with Crippen molar-refractivity contribution in [3.05, 3.63) is 42.0 Å². The first kappa shape index (κ1) is 26.0. The zero-order chi connectivity index (χ0) is 26.8. The van der Waals surface area contributed by atoms with Crippen molar-refractivity contribution < 1.29 is 14.4 Å². The van der Waals surface area contributed by atoms with Crippen LogP contribution in [0.4, 0.5) is 5.69 Å². The van der Waals surface area contributed by atoms with Crippen LogP contribution in [0.3, 0.4) is 0 Å². The SMILES string of the molecule is CC(=O)Nc1ccc(C(C)(C)NC(=O)C2CC3N(C)C(=O)C=C[C@]3(C)[C@@H]3CC[C@]4(C)CCC[C@H]4[C@H]23)cc1. The Labute approximate surface area is 221 Å². The summed E-state index contributed by atoms with van der Waals surface area (Å²) in [4.78, 5) is 40.2. The van der Waals surface area contributed by atoms with Crippen LogP contribution in [0.25, 0.3) is 0 Å². The highest BCUT2D eigenvalue weighted by Gasteiger charge is 2.62. The average molecular weight is 506 g/mol. The van der Waals surface area contributed by atoms with E-state index in [1.165, 1.54) is 32.6 Å². The number of carbonyl (C=O) groups excluding carboxylic acids is 3. The molecule has 0 saturated heterocycles. The lowest BCUT2D eigenvalue weighted by molar-refractivity contribution is -0.155. The number of nitrogens with zero attached hydrogens (tertiary/aromatic N) is 1. The molecule has 3 saturated carbocycles. The summed E-state index contributed by atoms with van der Waals surface area (Å²) in [5.74, 6) is 1.20. The van der Waals surface area contributed by atoms with Gasteiger partial charge in [-0.15, -0.1) is 0 Å². The van der Waals surface area contributed by atoms with Crippen molar-refractivity contribution in [1.29, 1.82) is 0 Å². The first-order valence-corrected chi connectivity index (χ1v) is 14.0. The topological polar surface area (TPSA) is 78.5 Å². The van der Waals surface area contributed by atoms with Crippen molar-refractivity contribution >= 4 is 23.4 Å². The van der Waals surface area contributed by atoms with Crippen molar-refractivity contribution in [2.75, 3.05) is 12.4 Å². The Morgan fingerprint density at radius 1 is 1.05 bits per heavy atom. The van der Waals surface area contributed by atoms with Crippen LogP contribution in [0.2, 0.25) is 0 Å². The summed E-state index contributed by atoms with van der Waals surface area (Å²) >= 11 is 0. The smallest absolute Gasteiger partial charge is 0.246 e. The van der Waals surface area contributed by atoms with Crippen LogP contribution in [-0.4, -0.2) is 35.7 Å². The van der Waals surface area contributed by atoms with Crippen LogP contribution in [-0.2, 0) is 19.9 Å². The third-order valence-corrected chi connectivity index (χ3v) is 10.7. The highest BCUT2D eigenvalue weighted by molar-refractivity contribution is 5.89. The minimum atomic E-state index is -0.566. The fourth-order valence-electron chi connectivity index (χ4n) is 8.63. The molecule has 1 aromatic rings. The number of likely N-dealkylation sites (N-methyl/N-ethyl adjacent to an activating group) is 1. The third-order valence-electron chi connectivity index (χ3n) is 10.7. The van der Waals surface area contributed by atoms with Crippen molar-refractivity contribution in [2.45, 2.75) is 84.7 Å². The Balaban J connectivity index is 1.45. The van der Waals surface area contributed by atoms with Gasteiger partial charge in [-0.1, -0.05) is 38.5 Å². The van der Waals surface area contributed by atoms with Gasteiger partial charge < -0.3 is 15.5 Å². The molecule has 0 aromatic heterocycles. The number of anilines is 1. The molecule has 6 heteroatoms. The molecule has 0 radical (unpaired) electrons. The molecule has 1 aliphatic heterocycles. The fraction of sp³-hybridized carbons (Fsp3) is 0.645. The standard InChI is InChI=1S/C31H43N3O3/c1-19(35)32-21-11-9-20(10-12-21)29(2,3)33-28(37)22-18-25-31(5,17-14-26(36)34(25)6)24-13-16-30(4)15-7-8-23(30)27(22)24/h9-12,14,17,22-25,27H,7-8,13,15-16,18H2,1-6H3,(H,32,35)(H,33,37)/t22?,23-,24+,25?,27-,30-,31+/m0/s1. The van der Waals surface area contributed by atoms with Gasteiger partial charge in [0.1, 0.15) is 0 Å². The summed E-state index contributed by atoms with van der Waals surface area (Å²) in [7, 11) is 1.91. The van der Waals surface area contributed by atoms with Gasteiger partial charge in [0.25, 0.3) is 0 Å². The number of carbonyl (C=O) groups is 3. The lowest BCUT2D eigenvalue weighted by atomic mass is 9.46. The van der Waals surface area contributed by atoms with Crippen LogP contribution >= 0.6 is 0 Å². The van der Waals surface area contributed by atoms with Gasteiger partial charge in [-0.05, 0) is 92.9 Å². The summed E-state index contributed by atoms with van der Waals surface area (Å²) in [6, 6.07) is 7.74. The highest BCUT2D eigenvalue weighted by atomic mass is 16.2. The summed E-state index contributed by atoms with van der Waals surface area (Å²) < 4.78 is 0. The van der Waals surface area contributed by atoms with Gasteiger partial charge in [-0.2, -0.15) is 0 Å². The molecule has 200 valence electrons. The van der Waals surface area contributed by atoms with E-state index in [-0.39, 0.29) is 35.1 Å². The Kier molecular flexibility index (Phi) is 6.32. The van der Waals surface area contributed by atoms with Crippen LogP contribution < -0.4 is 10.6 Å². The van der Waals surface area contributed by atoms with Gasteiger partial charge in [-0.25, -0.2) is 0 Å².